The van der Waals surface area contributed by atoms with Crippen LogP contribution in [0.5, 0.6) is 0 Å². The number of aryl methyl sites for hydroxylation is 1. The Morgan fingerprint density at radius 3 is 2.41 bits per heavy atom. The maximum atomic E-state index is 14.0. The van der Waals surface area contributed by atoms with Gasteiger partial charge in [-0.05, 0) is 57.4 Å². The average molecular weight is 542 g/mol. The number of halogens is 4. The fourth-order valence-corrected chi connectivity index (χ4v) is 4.70. The van der Waals surface area contributed by atoms with Gasteiger partial charge in [-0.25, -0.2) is 4.79 Å². The van der Waals surface area contributed by atoms with E-state index in [9.17, 15) is 37.6 Å². The van der Waals surface area contributed by atoms with Crippen LogP contribution < -0.4 is 0 Å². The van der Waals surface area contributed by atoms with Gasteiger partial charge in [0.15, 0.2) is 0 Å². The number of alkyl halides is 3. The minimum absolute atomic E-state index is 0.119. The summed E-state index contributed by atoms with van der Waals surface area (Å²) < 4.78 is 52.6. The molecule has 0 aliphatic rings. The van der Waals surface area contributed by atoms with Gasteiger partial charge in [0.2, 0.25) is 5.82 Å². The molecule has 0 aliphatic carbocycles. The third-order valence-electron chi connectivity index (χ3n) is 5.43. The Morgan fingerprint density at radius 2 is 1.89 bits per heavy atom. The van der Waals surface area contributed by atoms with Gasteiger partial charge in [-0.1, -0.05) is 17.4 Å². The second-order valence-electron chi connectivity index (χ2n) is 9.19. The van der Waals surface area contributed by atoms with Crippen molar-refractivity contribution >= 4 is 23.1 Å². The highest BCUT2D eigenvalue weighted by Crippen LogP contribution is 2.31. The van der Waals surface area contributed by atoms with Gasteiger partial charge in [-0.15, -0.1) is 10.2 Å². The van der Waals surface area contributed by atoms with Crippen molar-refractivity contribution in [3.63, 3.8) is 0 Å². The number of hydrogen-bond donors (Lipinski definition) is 1. The minimum Gasteiger partial charge on any atom is -0.465 e. The summed E-state index contributed by atoms with van der Waals surface area (Å²) >= 11 is 1.13. The Hall–Kier alpha value is -3.68. The van der Waals surface area contributed by atoms with Gasteiger partial charge < -0.3 is 10.0 Å². The van der Waals surface area contributed by atoms with Crippen LogP contribution in [0.3, 0.4) is 0 Å². The molecule has 3 aromatic rings. The van der Waals surface area contributed by atoms with E-state index < -0.39 is 46.0 Å². The van der Waals surface area contributed by atoms with Crippen LogP contribution in [0.2, 0.25) is 0 Å². The molecular weight excluding hydrogens is 518 g/mol. The minimum atomic E-state index is -4.58. The lowest BCUT2D eigenvalue weighted by Crippen LogP contribution is -2.52. The zero-order valence-corrected chi connectivity index (χ0v) is 20.8. The van der Waals surface area contributed by atoms with E-state index in [0.717, 1.165) is 35.7 Å². The number of carbonyl (C=O) groups is 1. The molecule has 9 nitrogen and oxygen atoms in total. The molecule has 0 spiro atoms. The van der Waals surface area contributed by atoms with Gasteiger partial charge in [-0.3, -0.25) is 15.1 Å². The number of nitro benzene ring substituents is 1. The molecule has 3 rings (SSSR count). The monoisotopic (exact) mass is 541 g/mol. The summed E-state index contributed by atoms with van der Waals surface area (Å²) in [5, 5.41) is 29.7. The largest absolute Gasteiger partial charge is 0.465 e. The third kappa shape index (κ3) is 6.96. The maximum Gasteiger partial charge on any atom is 0.433 e. The molecule has 198 valence electrons. The molecule has 0 aliphatic heterocycles. The second kappa shape index (κ2) is 10.7. The molecule has 0 bridgehead atoms. The topological polar surface area (TPSA) is 122 Å². The van der Waals surface area contributed by atoms with E-state index in [1.165, 1.54) is 17.0 Å². The van der Waals surface area contributed by atoms with Crippen molar-refractivity contribution in [1.29, 1.82) is 0 Å². The van der Waals surface area contributed by atoms with E-state index >= 15 is 0 Å². The van der Waals surface area contributed by atoms with Crippen LogP contribution in [0.4, 0.5) is 28.0 Å². The molecule has 0 radical (unpaired) electrons. The van der Waals surface area contributed by atoms with Gasteiger partial charge in [0.05, 0.1) is 4.92 Å². The lowest BCUT2D eigenvalue weighted by Gasteiger charge is -2.40. The lowest BCUT2D eigenvalue weighted by atomic mass is 9.96. The standard InChI is InChI=1S/C23H23F4N5O4S/c1-22(2,3)31(21(33)34)15(10-13-4-8-18(28-12-13)23(25,26)27)6-9-19-29-30-20(37-19)14-5-7-17(32(35)36)16(24)11-14/h4-5,7-8,11-12,15H,6,9-10H2,1-3H3,(H,33,34). The molecule has 1 atom stereocenters. The Balaban J connectivity index is 1.82. The Bertz CT molecular complexity index is 1280. The molecule has 2 aromatic heterocycles. The van der Waals surface area contributed by atoms with E-state index in [2.05, 4.69) is 15.2 Å². The normalized spacial score (nSPS) is 12.8. The van der Waals surface area contributed by atoms with Crippen LogP contribution in [0.15, 0.2) is 36.5 Å². The first-order valence-electron chi connectivity index (χ1n) is 11.0. The van der Waals surface area contributed by atoms with E-state index in [1.807, 2.05) is 0 Å². The fraction of sp³-hybridized carbons (Fsp3) is 0.391. The van der Waals surface area contributed by atoms with Crippen molar-refractivity contribution in [3.05, 3.63) is 68.7 Å². The number of nitrogens with zero attached hydrogens (tertiary/aromatic N) is 5. The van der Waals surface area contributed by atoms with Crippen molar-refractivity contribution in [1.82, 2.24) is 20.1 Å². The Kier molecular flexibility index (Phi) is 8.10. The summed E-state index contributed by atoms with van der Waals surface area (Å²) in [6, 6.07) is 4.90. The molecule has 0 saturated heterocycles. The van der Waals surface area contributed by atoms with Crippen molar-refractivity contribution in [2.24, 2.45) is 0 Å². The molecule has 2 heterocycles. The van der Waals surface area contributed by atoms with Gasteiger partial charge >= 0.3 is 18.0 Å². The van der Waals surface area contributed by atoms with Crippen molar-refractivity contribution < 1.29 is 32.4 Å². The number of pyridine rings is 1. The van der Waals surface area contributed by atoms with E-state index in [-0.39, 0.29) is 19.3 Å². The summed E-state index contributed by atoms with van der Waals surface area (Å²) in [6.45, 7) is 5.14. The number of carboxylic acid groups (broad SMARTS) is 1. The highest BCUT2D eigenvalue weighted by Gasteiger charge is 2.35. The molecule has 1 N–H and O–H groups in total. The number of amides is 1. The van der Waals surface area contributed by atoms with Crippen LogP contribution >= 0.6 is 11.3 Å². The van der Waals surface area contributed by atoms with Crippen LogP contribution in [0.1, 0.15) is 43.5 Å². The lowest BCUT2D eigenvalue weighted by molar-refractivity contribution is -0.387. The van der Waals surface area contributed by atoms with Crippen molar-refractivity contribution in [2.45, 2.75) is 57.8 Å². The first-order chi connectivity index (χ1) is 17.2. The highest BCUT2D eigenvalue weighted by molar-refractivity contribution is 7.14. The summed E-state index contributed by atoms with van der Waals surface area (Å²) in [5.74, 6) is -1.01. The van der Waals surface area contributed by atoms with Crippen molar-refractivity contribution in [2.75, 3.05) is 0 Å². The summed E-state index contributed by atoms with van der Waals surface area (Å²) in [4.78, 5) is 26.8. The summed E-state index contributed by atoms with van der Waals surface area (Å²) in [5.41, 5.74) is -1.76. The average Bonchev–Trinajstić information content (AvgIpc) is 3.25. The van der Waals surface area contributed by atoms with Crippen LogP contribution in [0, 0.1) is 15.9 Å². The van der Waals surface area contributed by atoms with E-state index in [0.29, 0.717) is 21.1 Å². The third-order valence-corrected chi connectivity index (χ3v) is 6.46. The number of rotatable bonds is 8. The van der Waals surface area contributed by atoms with Crippen LogP contribution in [0.25, 0.3) is 10.6 Å². The van der Waals surface area contributed by atoms with Crippen molar-refractivity contribution in [3.8, 4) is 10.6 Å². The Labute approximate surface area is 212 Å². The molecule has 1 aromatic carbocycles. The molecule has 1 unspecified atom stereocenters. The molecule has 0 saturated carbocycles. The number of aromatic nitrogens is 3. The van der Waals surface area contributed by atoms with Gasteiger partial charge in [0, 0.05) is 35.8 Å². The van der Waals surface area contributed by atoms with E-state index in [4.69, 9.17) is 0 Å². The predicted octanol–water partition coefficient (Wildman–Crippen LogP) is 5.99. The summed E-state index contributed by atoms with van der Waals surface area (Å²) in [6.07, 6.45) is -4.01. The highest BCUT2D eigenvalue weighted by atomic mass is 32.1. The number of benzene rings is 1. The van der Waals surface area contributed by atoms with Crippen LogP contribution in [-0.4, -0.2) is 47.8 Å². The zero-order chi connectivity index (χ0) is 27.5. The SMILES string of the molecule is CC(C)(C)N(C(=O)O)C(CCc1nnc(-c2ccc([N+](=O)[O-])c(F)c2)s1)Cc1ccc(C(F)(F)F)nc1. The Morgan fingerprint density at radius 1 is 1.19 bits per heavy atom. The predicted molar refractivity (Wildman–Crippen MR) is 127 cm³/mol. The van der Waals surface area contributed by atoms with Gasteiger partial charge in [0.1, 0.15) is 15.7 Å². The number of nitro groups is 1. The quantitative estimate of drug-likeness (QED) is 0.211. The fourth-order valence-electron chi connectivity index (χ4n) is 3.85. The van der Waals surface area contributed by atoms with Gasteiger partial charge in [-0.2, -0.15) is 17.6 Å². The number of hydrogen-bond acceptors (Lipinski definition) is 7. The molecule has 37 heavy (non-hydrogen) atoms. The van der Waals surface area contributed by atoms with E-state index in [1.54, 1.807) is 20.8 Å². The first-order valence-corrected chi connectivity index (χ1v) is 11.8. The van der Waals surface area contributed by atoms with Gasteiger partial charge in [0.25, 0.3) is 0 Å². The smallest absolute Gasteiger partial charge is 0.433 e. The second-order valence-corrected chi connectivity index (χ2v) is 10.3. The maximum absolute atomic E-state index is 14.0. The van der Waals surface area contributed by atoms with Crippen LogP contribution in [-0.2, 0) is 19.0 Å². The molecule has 1 amide bonds. The first kappa shape index (κ1) is 27.9. The zero-order valence-electron chi connectivity index (χ0n) is 20.0. The molecular formula is C23H23F4N5O4S. The molecule has 14 heteroatoms. The molecule has 0 fully saturated rings. The summed E-state index contributed by atoms with van der Waals surface area (Å²) in [7, 11) is 0.